The molecule has 1 heteroatoms. The number of nitrogens with zero attached hydrogens (tertiary/aromatic N) is 1. The second-order valence-electron chi connectivity index (χ2n) is 5.14. The molecule has 2 bridgehead atoms. The van der Waals surface area contributed by atoms with Crippen molar-refractivity contribution in [1.82, 2.24) is 4.90 Å². The van der Waals surface area contributed by atoms with Gasteiger partial charge in [0, 0.05) is 6.04 Å². The third-order valence-electron chi connectivity index (χ3n) is 4.52. The molecule has 0 aromatic rings. The van der Waals surface area contributed by atoms with Crippen LogP contribution in [0.2, 0.25) is 0 Å². The van der Waals surface area contributed by atoms with E-state index in [9.17, 15) is 0 Å². The minimum absolute atomic E-state index is 0.890. The molecule has 12 heavy (non-hydrogen) atoms. The standard InChI is InChI=1S/C11H21N/c1-7-8(2)10-5-9(7)6-11(10)12(3)4/h7-11H,5-6H2,1-4H3/t7-,8+,9?,10?,11+/m0/s1. The molecule has 0 amide bonds. The molecule has 2 unspecified atom stereocenters. The largest absolute Gasteiger partial charge is 0.306 e. The summed E-state index contributed by atoms with van der Waals surface area (Å²) in [6.07, 6.45) is 2.97. The van der Waals surface area contributed by atoms with E-state index in [4.69, 9.17) is 0 Å². The highest BCUT2D eigenvalue weighted by Crippen LogP contribution is 2.52. The van der Waals surface area contributed by atoms with Crippen LogP contribution in [0.4, 0.5) is 0 Å². The zero-order valence-electron chi connectivity index (χ0n) is 8.75. The van der Waals surface area contributed by atoms with Crippen molar-refractivity contribution < 1.29 is 0 Å². The third-order valence-corrected chi connectivity index (χ3v) is 4.52. The van der Waals surface area contributed by atoms with Gasteiger partial charge in [-0.2, -0.15) is 0 Å². The van der Waals surface area contributed by atoms with Crippen LogP contribution in [0.3, 0.4) is 0 Å². The monoisotopic (exact) mass is 167 g/mol. The van der Waals surface area contributed by atoms with Crippen molar-refractivity contribution in [2.24, 2.45) is 23.7 Å². The van der Waals surface area contributed by atoms with Gasteiger partial charge in [0.1, 0.15) is 0 Å². The maximum absolute atomic E-state index is 2.45. The maximum Gasteiger partial charge on any atom is 0.0123 e. The van der Waals surface area contributed by atoms with E-state index in [0.717, 1.165) is 29.7 Å². The molecule has 2 rings (SSSR count). The Bertz CT molecular complexity index is 174. The van der Waals surface area contributed by atoms with E-state index in [0.29, 0.717) is 0 Å². The number of rotatable bonds is 1. The number of fused-ring (bicyclic) bond motifs is 2. The summed E-state index contributed by atoms with van der Waals surface area (Å²) in [6, 6.07) is 0.890. The second kappa shape index (κ2) is 2.73. The van der Waals surface area contributed by atoms with Gasteiger partial charge in [0.2, 0.25) is 0 Å². The van der Waals surface area contributed by atoms with Gasteiger partial charge in [-0.15, -0.1) is 0 Å². The van der Waals surface area contributed by atoms with Crippen LogP contribution in [0, 0.1) is 23.7 Å². The van der Waals surface area contributed by atoms with E-state index in [-0.39, 0.29) is 0 Å². The first-order valence-electron chi connectivity index (χ1n) is 5.27. The van der Waals surface area contributed by atoms with Crippen molar-refractivity contribution in [3.63, 3.8) is 0 Å². The fourth-order valence-electron chi connectivity index (χ4n) is 3.50. The normalized spacial score (nSPS) is 52.2. The van der Waals surface area contributed by atoms with Crippen LogP contribution < -0.4 is 0 Å². The molecule has 70 valence electrons. The van der Waals surface area contributed by atoms with Crippen LogP contribution >= 0.6 is 0 Å². The summed E-state index contributed by atoms with van der Waals surface area (Å²) in [5.74, 6) is 4.00. The lowest BCUT2D eigenvalue weighted by atomic mass is 9.79. The average molecular weight is 167 g/mol. The topological polar surface area (TPSA) is 3.24 Å². The SMILES string of the molecule is C[C@@H]1C2CC([C@H](N(C)C)C2)[C@@H]1C. The predicted octanol–water partition coefficient (Wildman–Crippen LogP) is 2.23. The van der Waals surface area contributed by atoms with Crippen LogP contribution in [0.1, 0.15) is 26.7 Å². The van der Waals surface area contributed by atoms with Gasteiger partial charge >= 0.3 is 0 Å². The predicted molar refractivity (Wildman–Crippen MR) is 52.0 cm³/mol. The molecular formula is C11H21N. The van der Waals surface area contributed by atoms with Crippen molar-refractivity contribution >= 4 is 0 Å². The number of hydrogen-bond donors (Lipinski definition) is 0. The van der Waals surface area contributed by atoms with Gasteiger partial charge in [-0.3, -0.25) is 0 Å². The number of hydrogen-bond acceptors (Lipinski definition) is 1. The Morgan fingerprint density at radius 3 is 2.08 bits per heavy atom. The zero-order valence-corrected chi connectivity index (χ0v) is 8.75. The lowest BCUT2D eigenvalue weighted by Crippen LogP contribution is -2.38. The summed E-state index contributed by atoms with van der Waals surface area (Å²) in [5, 5.41) is 0. The molecule has 0 radical (unpaired) electrons. The van der Waals surface area contributed by atoms with Crippen LogP contribution in [0.15, 0.2) is 0 Å². The first-order valence-corrected chi connectivity index (χ1v) is 5.27. The fourth-order valence-corrected chi connectivity index (χ4v) is 3.50. The van der Waals surface area contributed by atoms with Gasteiger partial charge in [-0.05, 0) is 50.6 Å². The molecule has 2 saturated carbocycles. The summed E-state index contributed by atoms with van der Waals surface area (Å²) in [5.41, 5.74) is 0. The van der Waals surface area contributed by atoms with E-state index in [1.807, 2.05) is 0 Å². The minimum Gasteiger partial charge on any atom is -0.306 e. The van der Waals surface area contributed by atoms with Gasteiger partial charge in [0.25, 0.3) is 0 Å². The molecular weight excluding hydrogens is 146 g/mol. The highest BCUT2D eigenvalue weighted by Gasteiger charge is 2.49. The molecule has 1 nitrogen and oxygen atoms in total. The van der Waals surface area contributed by atoms with Gasteiger partial charge < -0.3 is 4.90 Å². The Kier molecular flexibility index (Phi) is 1.95. The highest BCUT2D eigenvalue weighted by atomic mass is 15.1. The molecule has 0 aromatic carbocycles. The van der Waals surface area contributed by atoms with E-state index in [1.165, 1.54) is 12.8 Å². The van der Waals surface area contributed by atoms with Gasteiger partial charge in [-0.1, -0.05) is 13.8 Å². The Balaban J connectivity index is 2.10. The zero-order chi connectivity index (χ0) is 8.88. The summed E-state index contributed by atoms with van der Waals surface area (Å²) in [4.78, 5) is 2.44. The first kappa shape index (κ1) is 8.55. The van der Waals surface area contributed by atoms with Gasteiger partial charge in [0.05, 0.1) is 0 Å². The summed E-state index contributed by atoms with van der Waals surface area (Å²) in [7, 11) is 4.48. The molecule has 0 heterocycles. The first-order chi connectivity index (χ1) is 5.61. The Morgan fingerprint density at radius 2 is 1.67 bits per heavy atom. The Hall–Kier alpha value is -0.0400. The van der Waals surface area contributed by atoms with Gasteiger partial charge in [-0.25, -0.2) is 0 Å². The summed E-state index contributed by atoms with van der Waals surface area (Å²) >= 11 is 0. The summed E-state index contributed by atoms with van der Waals surface area (Å²) < 4.78 is 0. The van der Waals surface area contributed by atoms with E-state index >= 15 is 0 Å². The lowest BCUT2D eigenvalue weighted by Gasteiger charge is -2.35. The molecule has 0 N–H and O–H groups in total. The van der Waals surface area contributed by atoms with Crippen molar-refractivity contribution in [1.29, 1.82) is 0 Å². The van der Waals surface area contributed by atoms with Crippen molar-refractivity contribution in [3.8, 4) is 0 Å². The average Bonchev–Trinajstić information content (AvgIpc) is 2.53. The van der Waals surface area contributed by atoms with E-state index in [1.54, 1.807) is 0 Å². The Morgan fingerprint density at radius 1 is 1.00 bits per heavy atom. The molecule has 2 aliphatic carbocycles. The smallest absolute Gasteiger partial charge is 0.0123 e. The van der Waals surface area contributed by atoms with E-state index in [2.05, 4.69) is 32.8 Å². The molecule has 2 aliphatic rings. The van der Waals surface area contributed by atoms with Crippen LogP contribution in [0.5, 0.6) is 0 Å². The maximum atomic E-state index is 2.45. The minimum atomic E-state index is 0.890. The van der Waals surface area contributed by atoms with Crippen molar-refractivity contribution in [3.05, 3.63) is 0 Å². The highest BCUT2D eigenvalue weighted by molar-refractivity contribution is 5.00. The van der Waals surface area contributed by atoms with Crippen LogP contribution in [-0.4, -0.2) is 25.0 Å². The lowest BCUT2D eigenvalue weighted by molar-refractivity contribution is 0.136. The van der Waals surface area contributed by atoms with Gasteiger partial charge in [0.15, 0.2) is 0 Å². The molecule has 5 atom stereocenters. The van der Waals surface area contributed by atoms with Crippen LogP contribution in [0.25, 0.3) is 0 Å². The van der Waals surface area contributed by atoms with Crippen molar-refractivity contribution in [2.45, 2.75) is 32.7 Å². The quantitative estimate of drug-likeness (QED) is 0.579. The Labute approximate surface area is 76.1 Å². The van der Waals surface area contributed by atoms with Crippen molar-refractivity contribution in [2.75, 3.05) is 14.1 Å². The summed E-state index contributed by atoms with van der Waals surface area (Å²) in [6.45, 7) is 4.90. The molecule has 0 aromatic heterocycles. The molecule has 2 fully saturated rings. The van der Waals surface area contributed by atoms with Crippen LogP contribution in [-0.2, 0) is 0 Å². The molecule has 0 spiro atoms. The second-order valence-corrected chi connectivity index (χ2v) is 5.14. The third kappa shape index (κ3) is 1.02. The molecule has 0 aliphatic heterocycles. The molecule has 0 saturated heterocycles. The van der Waals surface area contributed by atoms with E-state index < -0.39 is 0 Å². The fraction of sp³-hybridized carbons (Fsp3) is 1.00.